The Kier molecular flexibility index (Phi) is 5.30. The van der Waals surface area contributed by atoms with E-state index in [-0.39, 0.29) is 0 Å². The molecule has 0 nitrogen and oxygen atoms in total. The van der Waals surface area contributed by atoms with Crippen molar-refractivity contribution in [2.45, 2.75) is 33.1 Å². The van der Waals surface area contributed by atoms with Crippen LogP contribution >= 0.6 is 11.3 Å². The molecule has 118 valence electrons. The van der Waals surface area contributed by atoms with Crippen LogP contribution in [0.2, 0.25) is 0 Å². The van der Waals surface area contributed by atoms with Crippen LogP contribution in [0.1, 0.15) is 43.6 Å². The van der Waals surface area contributed by atoms with Gasteiger partial charge in [-0.1, -0.05) is 74.9 Å². The van der Waals surface area contributed by atoms with Gasteiger partial charge in [0.15, 0.2) is 0 Å². The summed E-state index contributed by atoms with van der Waals surface area (Å²) in [6.07, 6.45) is 19.7. The van der Waals surface area contributed by atoms with Crippen LogP contribution in [0.15, 0.2) is 60.2 Å². The maximum absolute atomic E-state index is 2.35. The maximum atomic E-state index is 2.35. The molecular weight excluding hydrogens is 296 g/mol. The van der Waals surface area contributed by atoms with Gasteiger partial charge in [-0.05, 0) is 30.6 Å². The first-order valence-corrected chi connectivity index (χ1v) is 9.39. The van der Waals surface area contributed by atoms with Gasteiger partial charge in [-0.15, -0.1) is 11.3 Å². The van der Waals surface area contributed by atoms with Gasteiger partial charge < -0.3 is 0 Å². The molecule has 3 rings (SSSR count). The number of thiophene rings is 1. The molecule has 1 heteroatoms. The molecule has 1 aromatic heterocycles. The van der Waals surface area contributed by atoms with Crippen LogP contribution in [0, 0.1) is 5.92 Å². The van der Waals surface area contributed by atoms with Crippen molar-refractivity contribution in [2.75, 3.05) is 0 Å². The van der Waals surface area contributed by atoms with Crippen LogP contribution < -0.4 is 0 Å². The lowest BCUT2D eigenvalue weighted by molar-refractivity contribution is 0.945. The second kappa shape index (κ2) is 7.61. The van der Waals surface area contributed by atoms with Crippen molar-refractivity contribution in [2.24, 2.45) is 5.92 Å². The molecule has 0 fully saturated rings. The van der Waals surface area contributed by atoms with Crippen LogP contribution in [-0.2, 0) is 0 Å². The van der Waals surface area contributed by atoms with E-state index in [1.807, 2.05) is 11.3 Å². The van der Waals surface area contributed by atoms with Gasteiger partial charge in [-0.25, -0.2) is 0 Å². The summed E-state index contributed by atoms with van der Waals surface area (Å²) in [7, 11) is 0. The Hall–Kier alpha value is -1.86. The Morgan fingerprint density at radius 1 is 1.13 bits per heavy atom. The number of hydrogen-bond donors (Lipinski definition) is 0. The minimum absolute atomic E-state index is 0.376. The van der Waals surface area contributed by atoms with E-state index < -0.39 is 0 Å². The molecule has 0 aliphatic heterocycles. The Bertz CT molecular complexity index is 783. The highest BCUT2D eigenvalue weighted by molar-refractivity contribution is 7.20. The predicted octanol–water partition coefficient (Wildman–Crippen LogP) is 7.25. The van der Waals surface area contributed by atoms with E-state index >= 15 is 0 Å². The van der Waals surface area contributed by atoms with Crippen LogP contribution in [0.25, 0.3) is 22.2 Å². The summed E-state index contributed by atoms with van der Waals surface area (Å²) in [4.78, 5) is 1.37. The quantitative estimate of drug-likeness (QED) is 0.509. The largest absolute Gasteiger partial charge is 0.135 e. The zero-order valence-corrected chi connectivity index (χ0v) is 14.8. The molecule has 0 saturated carbocycles. The lowest BCUT2D eigenvalue weighted by atomic mass is 9.96. The van der Waals surface area contributed by atoms with E-state index in [0.717, 1.165) is 12.8 Å². The third kappa shape index (κ3) is 3.56. The summed E-state index contributed by atoms with van der Waals surface area (Å²) >= 11 is 1.89. The van der Waals surface area contributed by atoms with Gasteiger partial charge in [0, 0.05) is 26.4 Å². The third-order valence-electron chi connectivity index (χ3n) is 4.18. The van der Waals surface area contributed by atoms with Gasteiger partial charge in [0.1, 0.15) is 0 Å². The highest BCUT2D eigenvalue weighted by Crippen LogP contribution is 2.36. The summed E-state index contributed by atoms with van der Waals surface area (Å²) in [5.41, 5.74) is 2.78. The molecule has 1 aliphatic rings. The van der Waals surface area contributed by atoms with E-state index in [2.05, 4.69) is 80.6 Å². The Morgan fingerprint density at radius 2 is 1.96 bits per heavy atom. The fourth-order valence-corrected chi connectivity index (χ4v) is 4.10. The van der Waals surface area contributed by atoms with E-state index in [0.29, 0.717) is 5.92 Å². The minimum atomic E-state index is 0.376. The minimum Gasteiger partial charge on any atom is -0.135 e. The monoisotopic (exact) mass is 320 g/mol. The summed E-state index contributed by atoms with van der Waals surface area (Å²) in [6.45, 7) is 4.43. The zero-order valence-electron chi connectivity index (χ0n) is 14.0. The topological polar surface area (TPSA) is 0 Å². The average molecular weight is 321 g/mol. The molecule has 1 aliphatic carbocycles. The normalized spacial score (nSPS) is 17.8. The Balaban J connectivity index is 1.92. The van der Waals surface area contributed by atoms with Crippen molar-refractivity contribution in [1.82, 2.24) is 0 Å². The molecule has 1 atom stereocenters. The van der Waals surface area contributed by atoms with Crippen molar-refractivity contribution in [3.63, 3.8) is 0 Å². The van der Waals surface area contributed by atoms with Gasteiger partial charge in [0.2, 0.25) is 0 Å². The van der Waals surface area contributed by atoms with E-state index in [1.165, 1.54) is 32.5 Å². The lowest BCUT2D eigenvalue weighted by Crippen LogP contribution is -1.94. The fourth-order valence-electron chi connectivity index (χ4n) is 2.99. The molecule has 1 aromatic carbocycles. The average Bonchev–Trinajstić information content (AvgIpc) is 2.79. The molecule has 0 N–H and O–H groups in total. The summed E-state index contributed by atoms with van der Waals surface area (Å²) < 4.78 is 1.37. The number of hydrogen-bond acceptors (Lipinski definition) is 1. The second-order valence-electron chi connectivity index (χ2n) is 5.92. The fraction of sp³-hybridized carbons (Fsp3) is 0.273. The standard InChI is InChI=1S/C22H24S/c1-3-5-6-10-17(9-4-2)18-13-15-20-19-11-7-8-12-21(19)23-22(20)16-14-18/h6-16,18H,3-5H2,1-2H3/b10-6-,17-9+. The Labute approximate surface area is 143 Å². The van der Waals surface area contributed by atoms with Gasteiger partial charge in [-0.2, -0.15) is 0 Å². The zero-order chi connectivity index (χ0) is 16.1. The second-order valence-corrected chi connectivity index (χ2v) is 7.01. The van der Waals surface area contributed by atoms with Crippen molar-refractivity contribution in [3.8, 4) is 0 Å². The first kappa shape index (κ1) is 16.0. The SMILES string of the molecule is CC/C=C(\C=C/CCC)C1C=Cc2sc3ccccc3c2C=C1. The molecule has 0 amide bonds. The molecule has 0 spiro atoms. The van der Waals surface area contributed by atoms with Crippen LogP contribution in [0.4, 0.5) is 0 Å². The predicted molar refractivity (Wildman–Crippen MR) is 106 cm³/mol. The van der Waals surface area contributed by atoms with E-state index in [9.17, 15) is 0 Å². The van der Waals surface area contributed by atoms with Crippen LogP contribution in [0.3, 0.4) is 0 Å². The number of allylic oxidation sites excluding steroid dienone is 6. The van der Waals surface area contributed by atoms with Crippen LogP contribution in [-0.4, -0.2) is 0 Å². The summed E-state index contributed by atoms with van der Waals surface area (Å²) in [5.74, 6) is 0.376. The van der Waals surface area contributed by atoms with Gasteiger partial charge in [-0.3, -0.25) is 0 Å². The molecule has 0 bridgehead atoms. The van der Waals surface area contributed by atoms with Crippen molar-refractivity contribution in [3.05, 3.63) is 70.7 Å². The summed E-state index contributed by atoms with van der Waals surface area (Å²) in [5, 5.41) is 1.37. The van der Waals surface area contributed by atoms with Gasteiger partial charge in [0.05, 0.1) is 0 Å². The van der Waals surface area contributed by atoms with Crippen molar-refractivity contribution >= 4 is 33.6 Å². The molecule has 2 aromatic rings. The van der Waals surface area contributed by atoms with Crippen molar-refractivity contribution in [1.29, 1.82) is 0 Å². The highest BCUT2D eigenvalue weighted by atomic mass is 32.1. The summed E-state index contributed by atoms with van der Waals surface area (Å²) in [6, 6.07) is 8.69. The first-order valence-electron chi connectivity index (χ1n) is 8.58. The molecule has 0 saturated heterocycles. The molecule has 1 unspecified atom stereocenters. The Morgan fingerprint density at radius 3 is 2.78 bits per heavy atom. The van der Waals surface area contributed by atoms with Gasteiger partial charge in [0.25, 0.3) is 0 Å². The molecule has 0 radical (unpaired) electrons. The lowest BCUT2D eigenvalue weighted by Gasteiger charge is -2.09. The molecule has 23 heavy (non-hydrogen) atoms. The third-order valence-corrected chi connectivity index (χ3v) is 5.33. The molecular formula is C22H24S. The van der Waals surface area contributed by atoms with E-state index in [4.69, 9.17) is 0 Å². The first-order chi connectivity index (χ1) is 11.3. The number of fused-ring (bicyclic) bond motifs is 3. The van der Waals surface area contributed by atoms with Gasteiger partial charge >= 0.3 is 0 Å². The smallest absolute Gasteiger partial charge is 0.0355 e. The van der Waals surface area contributed by atoms with Crippen molar-refractivity contribution < 1.29 is 0 Å². The number of benzene rings is 1. The maximum Gasteiger partial charge on any atom is 0.0355 e. The molecule has 1 heterocycles. The highest BCUT2D eigenvalue weighted by Gasteiger charge is 2.13. The van der Waals surface area contributed by atoms with E-state index in [1.54, 1.807) is 0 Å². The van der Waals surface area contributed by atoms with Crippen LogP contribution in [0.5, 0.6) is 0 Å². The number of unbranched alkanes of at least 4 members (excludes halogenated alkanes) is 1. The number of rotatable bonds is 5.